The molecular formula is C18H32N2. The van der Waals surface area contributed by atoms with Crippen molar-refractivity contribution in [2.24, 2.45) is 5.92 Å². The standard InChI is InChI=1S/C18H32N2/c1-5-12-19-13-11-17-9-7-8-10-18(17)15-20(6-2)14-16(3)4/h7-10,16,19H,5-6,11-15H2,1-4H3. The van der Waals surface area contributed by atoms with Crippen LogP contribution in [-0.2, 0) is 13.0 Å². The summed E-state index contributed by atoms with van der Waals surface area (Å²) in [6, 6.07) is 8.91. The predicted molar refractivity (Wildman–Crippen MR) is 89.1 cm³/mol. The number of hydrogen-bond acceptors (Lipinski definition) is 2. The molecule has 114 valence electrons. The van der Waals surface area contributed by atoms with Gasteiger partial charge in [-0.25, -0.2) is 0 Å². The second-order valence-corrected chi connectivity index (χ2v) is 5.99. The first-order chi connectivity index (χ1) is 9.67. The van der Waals surface area contributed by atoms with Crippen molar-refractivity contribution in [3.63, 3.8) is 0 Å². The maximum absolute atomic E-state index is 3.50. The van der Waals surface area contributed by atoms with E-state index < -0.39 is 0 Å². The van der Waals surface area contributed by atoms with Crippen LogP contribution in [0.1, 0.15) is 45.2 Å². The Morgan fingerprint density at radius 3 is 2.35 bits per heavy atom. The molecule has 0 spiro atoms. The van der Waals surface area contributed by atoms with Crippen molar-refractivity contribution in [2.75, 3.05) is 26.2 Å². The fourth-order valence-corrected chi connectivity index (χ4v) is 2.54. The van der Waals surface area contributed by atoms with Crippen molar-refractivity contribution < 1.29 is 0 Å². The Hall–Kier alpha value is -0.860. The Morgan fingerprint density at radius 1 is 1.05 bits per heavy atom. The fourth-order valence-electron chi connectivity index (χ4n) is 2.54. The third-order valence-corrected chi connectivity index (χ3v) is 3.58. The maximum atomic E-state index is 3.50. The zero-order valence-electron chi connectivity index (χ0n) is 13.8. The van der Waals surface area contributed by atoms with E-state index in [0.717, 1.165) is 38.5 Å². The van der Waals surface area contributed by atoms with Crippen LogP contribution in [0.25, 0.3) is 0 Å². The van der Waals surface area contributed by atoms with Crippen molar-refractivity contribution in [3.05, 3.63) is 35.4 Å². The second kappa shape index (κ2) is 9.95. The lowest BCUT2D eigenvalue weighted by Crippen LogP contribution is -2.28. The molecular weight excluding hydrogens is 244 g/mol. The lowest BCUT2D eigenvalue weighted by Gasteiger charge is -2.24. The highest BCUT2D eigenvalue weighted by molar-refractivity contribution is 5.27. The molecule has 0 radical (unpaired) electrons. The highest BCUT2D eigenvalue weighted by atomic mass is 15.1. The molecule has 0 amide bonds. The highest BCUT2D eigenvalue weighted by Gasteiger charge is 2.08. The minimum atomic E-state index is 0.730. The van der Waals surface area contributed by atoms with Crippen molar-refractivity contribution >= 4 is 0 Å². The molecule has 2 nitrogen and oxygen atoms in total. The van der Waals surface area contributed by atoms with E-state index in [4.69, 9.17) is 0 Å². The minimum absolute atomic E-state index is 0.730. The molecule has 0 aliphatic rings. The lowest BCUT2D eigenvalue weighted by molar-refractivity contribution is 0.247. The monoisotopic (exact) mass is 276 g/mol. The average molecular weight is 276 g/mol. The van der Waals surface area contributed by atoms with Gasteiger partial charge in [0.2, 0.25) is 0 Å². The van der Waals surface area contributed by atoms with Crippen molar-refractivity contribution in [3.8, 4) is 0 Å². The summed E-state index contributed by atoms with van der Waals surface area (Å²) in [5.41, 5.74) is 2.99. The SMILES string of the molecule is CCCNCCc1ccccc1CN(CC)CC(C)C. The number of nitrogens with one attached hydrogen (secondary N) is 1. The van der Waals surface area contributed by atoms with Crippen LogP contribution < -0.4 is 5.32 Å². The Morgan fingerprint density at radius 2 is 1.75 bits per heavy atom. The summed E-state index contributed by atoms with van der Waals surface area (Å²) >= 11 is 0. The zero-order valence-corrected chi connectivity index (χ0v) is 13.8. The number of nitrogens with zero attached hydrogens (tertiary/aromatic N) is 1. The Labute approximate surface area is 125 Å². The molecule has 0 aromatic heterocycles. The Balaban J connectivity index is 2.59. The van der Waals surface area contributed by atoms with Gasteiger partial charge in [-0.3, -0.25) is 4.90 Å². The topological polar surface area (TPSA) is 15.3 Å². The van der Waals surface area contributed by atoms with Gasteiger partial charge in [0.1, 0.15) is 0 Å². The van der Waals surface area contributed by atoms with Crippen LogP contribution in [0.5, 0.6) is 0 Å². The number of hydrogen-bond donors (Lipinski definition) is 1. The van der Waals surface area contributed by atoms with Crippen molar-refractivity contribution in [1.82, 2.24) is 10.2 Å². The van der Waals surface area contributed by atoms with Crippen LogP contribution in [0.4, 0.5) is 0 Å². The van der Waals surface area contributed by atoms with Crippen LogP contribution >= 0.6 is 0 Å². The van der Waals surface area contributed by atoms with Gasteiger partial charge in [-0.1, -0.05) is 52.0 Å². The van der Waals surface area contributed by atoms with E-state index in [1.165, 1.54) is 24.1 Å². The van der Waals surface area contributed by atoms with E-state index in [1.807, 2.05) is 0 Å². The van der Waals surface area contributed by atoms with Gasteiger partial charge < -0.3 is 5.32 Å². The second-order valence-electron chi connectivity index (χ2n) is 5.99. The largest absolute Gasteiger partial charge is 0.316 e. The van der Waals surface area contributed by atoms with Gasteiger partial charge in [0.05, 0.1) is 0 Å². The van der Waals surface area contributed by atoms with E-state index in [0.29, 0.717) is 0 Å². The van der Waals surface area contributed by atoms with Gasteiger partial charge in [0, 0.05) is 13.1 Å². The Kier molecular flexibility index (Phi) is 8.56. The first-order valence-electron chi connectivity index (χ1n) is 8.17. The molecule has 0 aliphatic heterocycles. The van der Waals surface area contributed by atoms with Gasteiger partial charge in [-0.05, 0) is 49.5 Å². The van der Waals surface area contributed by atoms with Crippen LogP contribution in [0.3, 0.4) is 0 Å². The van der Waals surface area contributed by atoms with E-state index in [9.17, 15) is 0 Å². The summed E-state index contributed by atoms with van der Waals surface area (Å²) in [5.74, 6) is 0.730. The molecule has 0 saturated carbocycles. The fraction of sp³-hybridized carbons (Fsp3) is 0.667. The Bertz CT molecular complexity index is 360. The van der Waals surface area contributed by atoms with E-state index in [2.05, 4.69) is 62.2 Å². The summed E-state index contributed by atoms with van der Waals surface area (Å²) in [4.78, 5) is 2.54. The average Bonchev–Trinajstić information content (AvgIpc) is 2.44. The molecule has 0 aliphatic carbocycles. The number of benzene rings is 1. The van der Waals surface area contributed by atoms with E-state index in [-0.39, 0.29) is 0 Å². The van der Waals surface area contributed by atoms with E-state index >= 15 is 0 Å². The summed E-state index contributed by atoms with van der Waals surface area (Å²) in [5, 5.41) is 3.50. The third-order valence-electron chi connectivity index (χ3n) is 3.58. The molecule has 20 heavy (non-hydrogen) atoms. The molecule has 1 N–H and O–H groups in total. The summed E-state index contributed by atoms with van der Waals surface area (Å²) in [6.07, 6.45) is 2.34. The molecule has 1 aromatic rings. The van der Waals surface area contributed by atoms with Gasteiger partial charge in [-0.2, -0.15) is 0 Å². The summed E-state index contributed by atoms with van der Waals surface area (Å²) in [6.45, 7) is 14.7. The smallest absolute Gasteiger partial charge is 0.0236 e. The molecule has 0 unspecified atom stereocenters. The summed E-state index contributed by atoms with van der Waals surface area (Å²) in [7, 11) is 0. The lowest BCUT2D eigenvalue weighted by atomic mass is 10.0. The molecule has 0 bridgehead atoms. The molecule has 1 aromatic carbocycles. The number of rotatable bonds is 10. The molecule has 2 heteroatoms. The molecule has 0 atom stereocenters. The molecule has 0 heterocycles. The summed E-state index contributed by atoms with van der Waals surface area (Å²) < 4.78 is 0. The van der Waals surface area contributed by atoms with E-state index in [1.54, 1.807) is 0 Å². The predicted octanol–water partition coefficient (Wildman–Crippen LogP) is 3.71. The van der Waals surface area contributed by atoms with Gasteiger partial charge in [-0.15, -0.1) is 0 Å². The van der Waals surface area contributed by atoms with Crippen LogP contribution in [0.2, 0.25) is 0 Å². The highest BCUT2D eigenvalue weighted by Crippen LogP contribution is 2.13. The maximum Gasteiger partial charge on any atom is 0.0236 e. The van der Waals surface area contributed by atoms with Gasteiger partial charge in [0.15, 0.2) is 0 Å². The third kappa shape index (κ3) is 6.53. The first-order valence-corrected chi connectivity index (χ1v) is 8.17. The zero-order chi connectivity index (χ0) is 14.8. The quantitative estimate of drug-likeness (QED) is 0.655. The van der Waals surface area contributed by atoms with Gasteiger partial charge >= 0.3 is 0 Å². The van der Waals surface area contributed by atoms with Crippen LogP contribution in [0.15, 0.2) is 24.3 Å². The van der Waals surface area contributed by atoms with Crippen LogP contribution in [-0.4, -0.2) is 31.1 Å². The molecule has 0 saturated heterocycles. The first kappa shape index (κ1) is 17.2. The molecule has 1 rings (SSSR count). The molecule has 0 fully saturated rings. The van der Waals surface area contributed by atoms with Crippen molar-refractivity contribution in [1.29, 1.82) is 0 Å². The van der Waals surface area contributed by atoms with Crippen molar-refractivity contribution in [2.45, 2.75) is 47.1 Å². The van der Waals surface area contributed by atoms with Gasteiger partial charge in [0.25, 0.3) is 0 Å². The normalized spacial score (nSPS) is 11.5. The minimum Gasteiger partial charge on any atom is -0.316 e. The van der Waals surface area contributed by atoms with Crippen LogP contribution in [0, 0.1) is 5.92 Å².